The molecule has 2 fully saturated rings. The number of nitrogens with zero attached hydrogens (tertiary/aromatic N) is 1. The largest absolute Gasteiger partial charge is 0.394 e. The molecule has 0 aromatic rings. The van der Waals surface area contributed by atoms with Gasteiger partial charge in [0.25, 0.3) is 0 Å². The summed E-state index contributed by atoms with van der Waals surface area (Å²) in [4.78, 5) is 33.9. The molecule has 94 valence electrons. The minimum absolute atomic E-state index is 0.381. The third-order valence-corrected chi connectivity index (χ3v) is 2.62. The van der Waals surface area contributed by atoms with Crippen molar-refractivity contribution in [3.63, 3.8) is 0 Å². The van der Waals surface area contributed by atoms with Crippen LogP contribution in [0.15, 0.2) is 0 Å². The number of hydrogen-bond donors (Lipinski definition) is 4. The zero-order valence-electron chi connectivity index (χ0n) is 8.44. The second-order valence-electron chi connectivity index (χ2n) is 3.66. The molecule has 9 nitrogen and oxygen atoms in total. The van der Waals surface area contributed by atoms with Crippen LogP contribution in [-0.2, 0) is 14.3 Å². The van der Waals surface area contributed by atoms with Crippen molar-refractivity contribution in [1.82, 2.24) is 10.2 Å². The van der Waals surface area contributed by atoms with Crippen LogP contribution in [0.2, 0.25) is 0 Å². The fraction of sp³-hybridized carbons (Fsp3) is 0.625. The summed E-state index contributed by atoms with van der Waals surface area (Å²) in [7, 11) is 0. The maximum absolute atomic E-state index is 11.3. The minimum Gasteiger partial charge on any atom is -0.394 e. The van der Waals surface area contributed by atoms with Gasteiger partial charge in [-0.3, -0.25) is 14.9 Å². The van der Waals surface area contributed by atoms with Crippen LogP contribution >= 0.6 is 0 Å². The molecule has 0 aromatic heterocycles. The van der Waals surface area contributed by atoms with Crippen LogP contribution in [0, 0.1) is 0 Å². The Balaban J connectivity index is 2.21. The molecule has 2 aliphatic heterocycles. The van der Waals surface area contributed by atoms with Gasteiger partial charge in [-0.1, -0.05) is 0 Å². The summed E-state index contributed by atoms with van der Waals surface area (Å²) in [5.41, 5.74) is 0. The first kappa shape index (κ1) is 11.9. The zero-order valence-corrected chi connectivity index (χ0v) is 8.44. The summed E-state index contributed by atoms with van der Waals surface area (Å²) < 4.78 is 4.95. The van der Waals surface area contributed by atoms with E-state index in [0.717, 1.165) is 0 Å². The molecule has 0 spiro atoms. The van der Waals surface area contributed by atoms with Gasteiger partial charge in [0.15, 0.2) is 6.23 Å². The molecular weight excluding hydrogens is 236 g/mol. The Morgan fingerprint density at radius 1 is 1.24 bits per heavy atom. The van der Waals surface area contributed by atoms with Gasteiger partial charge in [-0.25, -0.2) is 9.69 Å². The first-order valence-electron chi connectivity index (χ1n) is 4.78. The van der Waals surface area contributed by atoms with Gasteiger partial charge in [0.1, 0.15) is 18.3 Å². The van der Waals surface area contributed by atoms with E-state index in [-0.39, 0.29) is 0 Å². The molecule has 0 aromatic carbocycles. The van der Waals surface area contributed by atoms with Crippen LogP contribution in [0.3, 0.4) is 0 Å². The number of imide groups is 2. The molecule has 9 heteroatoms. The fourth-order valence-corrected chi connectivity index (χ4v) is 1.74. The average molecular weight is 246 g/mol. The molecule has 2 rings (SSSR count). The molecule has 0 saturated carbocycles. The Kier molecular flexibility index (Phi) is 2.83. The lowest BCUT2D eigenvalue weighted by molar-refractivity contribution is -0.149. The zero-order chi connectivity index (χ0) is 12.7. The summed E-state index contributed by atoms with van der Waals surface area (Å²) in [5.74, 6) is -2.31. The van der Waals surface area contributed by atoms with Crippen molar-refractivity contribution in [2.45, 2.75) is 24.5 Å². The number of amides is 4. The first-order chi connectivity index (χ1) is 7.97. The van der Waals surface area contributed by atoms with Gasteiger partial charge >= 0.3 is 17.8 Å². The third kappa shape index (κ3) is 1.69. The lowest BCUT2D eigenvalue weighted by Gasteiger charge is -2.22. The summed E-state index contributed by atoms with van der Waals surface area (Å²) in [6.45, 7) is -0.591. The van der Waals surface area contributed by atoms with Crippen molar-refractivity contribution in [2.24, 2.45) is 0 Å². The highest BCUT2D eigenvalue weighted by Crippen LogP contribution is 2.25. The Bertz CT molecular complexity index is 384. The van der Waals surface area contributed by atoms with Gasteiger partial charge in [-0.05, 0) is 0 Å². The highest BCUT2D eigenvalue weighted by molar-refractivity contribution is 6.44. The number of carbonyl (C=O) groups excluding carboxylic acids is 3. The summed E-state index contributed by atoms with van der Waals surface area (Å²) in [6.07, 6.45) is -5.62. The number of carbonyl (C=O) groups is 3. The summed E-state index contributed by atoms with van der Waals surface area (Å²) >= 11 is 0. The van der Waals surface area contributed by atoms with Gasteiger partial charge in [-0.15, -0.1) is 0 Å². The molecule has 17 heavy (non-hydrogen) atoms. The normalized spacial score (nSPS) is 37.8. The fourth-order valence-electron chi connectivity index (χ4n) is 1.74. The summed E-state index contributed by atoms with van der Waals surface area (Å²) in [6, 6.07) is -1.03. The van der Waals surface area contributed by atoms with Gasteiger partial charge in [0.2, 0.25) is 0 Å². The SMILES string of the molecule is O=C1NC(=O)N([C@@H]2O[C@H](CO)[C@@H](O)[C@@H]2O)C1=O. The topological polar surface area (TPSA) is 136 Å². The smallest absolute Gasteiger partial charge is 0.333 e. The van der Waals surface area contributed by atoms with Crippen LogP contribution in [0.5, 0.6) is 0 Å². The lowest BCUT2D eigenvalue weighted by atomic mass is 10.1. The van der Waals surface area contributed by atoms with Crippen molar-refractivity contribution in [3.05, 3.63) is 0 Å². The Labute approximate surface area is 94.6 Å². The highest BCUT2D eigenvalue weighted by Gasteiger charge is 2.52. The lowest BCUT2D eigenvalue weighted by Crippen LogP contribution is -2.47. The van der Waals surface area contributed by atoms with Gasteiger partial charge in [0.05, 0.1) is 6.61 Å². The number of ether oxygens (including phenoxy) is 1. The van der Waals surface area contributed by atoms with Crippen molar-refractivity contribution < 1.29 is 34.4 Å². The molecule has 4 N–H and O–H groups in total. The van der Waals surface area contributed by atoms with E-state index < -0.39 is 49.0 Å². The molecule has 2 saturated heterocycles. The van der Waals surface area contributed by atoms with Crippen molar-refractivity contribution >= 4 is 17.8 Å². The third-order valence-electron chi connectivity index (χ3n) is 2.62. The molecule has 0 unspecified atom stereocenters. The Hall–Kier alpha value is -1.55. The van der Waals surface area contributed by atoms with E-state index in [1.807, 2.05) is 0 Å². The number of aliphatic hydroxyl groups is 3. The van der Waals surface area contributed by atoms with Crippen molar-refractivity contribution in [3.8, 4) is 0 Å². The predicted molar refractivity (Wildman–Crippen MR) is 48.1 cm³/mol. The predicted octanol–water partition coefficient (Wildman–Crippen LogP) is -3.50. The number of hydrogen-bond acceptors (Lipinski definition) is 7. The average Bonchev–Trinajstić information content (AvgIpc) is 2.69. The van der Waals surface area contributed by atoms with Crippen LogP contribution in [0.1, 0.15) is 0 Å². The van der Waals surface area contributed by atoms with Crippen LogP contribution < -0.4 is 5.32 Å². The number of nitrogens with one attached hydrogen (secondary N) is 1. The number of urea groups is 1. The maximum Gasteiger partial charge on any atom is 0.333 e. The highest BCUT2D eigenvalue weighted by atomic mass is 16.6. The van der Waals surface area contributed by atoms with E-state index in [2.05, 4.69) is 0 Å². The standard InChI is InChI=1S/C8H10N2O7/c11-1-2-3(12)4(13)7(17-2)10-6(15)5(14)9-8(10)16/h2-4,7,11-13H,1H2,(H,9,14,16)/t2-,3-,4+,7-/m1/s1. The van der Waals surface area contributed by atoms with E-state index in [0.29, 0.717) is 4.90 Å². The molecule has 4 atom stereocenters. The molecule has 0 aliphatic carbocycles. The van der Waals surface area contributed by atoms with E-state index in [9.17, 15) is 24.6 Å². The maximum atomic E-state index is 11.3. The van der Waals surface area contributed by atoms with Gasteiger partial charge in [-0.2, -0.15) is 0 Å². The Morgan fingerprint density at radius 3 is 2.29 bits per heavy atom. The second kappa shape index (κ2) is 4.04. The molecule has 0 radical (unpaired) electrons. The molecule has 0 bridgehead atoms. The van der Waals surface area contributed by atoms with Gasteiger partial charge in [0, 0.05) is 0 Å². The van der Waals surface area contributed by atoms with Crippen molar-refractivity contribution in [1.29, 1.82) is 0 Å². The molecule has 2 heterocycles. The number of rotatable bonds is 2. The summed E-state index contributed by atoms with van der Waals surface area (Å²) in [5, 5.41) is 29.6. The van der Waals surface area contributed by atoms with Crippen LogP contribution in [0.4, 0.5) is 4.79 Å². The molecule has 2 aliphatic rings. The van der Waals surface area contributed by atoms with E-state index >= 15 is 0 Å². The molecule has 4 amide bonds. The van der Waals surface area contributed by atoms with Crippen molar-refractivity contribution in [2.75, 3.05) is 6.61 Å². The molecular formula is C8H10N2O7. The van der Waals surface area contributed by atoms with Gasteiger partial charge < -0.3 is 20.1 Å². The Morgan fingerprint density at radius 2 is 1.88 bits per heavy atom. The second-order valence-corrected chi connectivity index (χ2v) is 3.66. The van der Waals surface area contributed by atoms with Crippen LogP contribution in [-0.4, -0.2) is 69.2 Å². The first-order valence-corrected chi connectivity index (χ1v) is 4.78. The monoisotopic (exact) mass is 246 g/mol. The van der Waals surface area contributed by atoms with Crippen LogP contribution in [0.25, 0.3) is 0 Å². The van der Waals surface area contributed by atoms with E-state index in [1.165, 1.54) is 0 Å². The quantitative estimate of drug-likeness (QED) is 0.293. The minimum atomic E-state index is -1.58. The number of aliphatic hydroxyl groups excluding tert-OH is 3. The van der Waals surface area contributed by atoms with E-state index in [1.54, 1.807) is 5.32 Å². The van der Waals surface area contributed by atoms with E-state index in [4.69, 9.17) is 9.84 Å².